The summed E-state index contributed by atoms with van der Waals surface area (Å²) in [5.74, 6) is 0.417. The largest absolute Gasteiger partial charge is 3.00 e. The minimum atomic E-state index is -1.75. The molecule has 0 amide bonds. The Hall–Kier alpha value is -4.27. The predicted molar refractivity (Wildman–Crippen MR) is 144 cm³/mol. The number of allylic oxidation sites excluding steroid dienone is 4. The van der Waals surface area contributed by atoms with E-state index in [2.05, 4.69) is 10.3 Å². The maximum Gasteiger partial charge on any atom is 3.00 e. The number of nitrogens with one attached hydrogen (secondary N) is 2. The first kappa shape index (κ1) is 43.2. The van der Waals surface area contributed by atoms with Crippen LogP contribution in [0, 0.1) is 81.6 Å². The second-order valence-electron chi connectivity index (χ2n) is 7.55. The quantitative estimate of drug-likeness (QED) is 0.145. The summed E-state index contributed by atoms with van der Waals surface area (Å²) < 4.78 is 10.2. The van der Waals surface area contributed by atoms with Crippen molar-refractivity contribution in [3.63, 3.8) is 0 Å². The molecule has 0 aliphatic heterocycles. The maximum atomic E-state index is 12.3. The van der Waals surface area contributed by atoms with E-state index in [1.807, 2.05) is 0 Å². The van der Waals surface area contributed by atoms with E-state index in [1.165, 1.54) is 14.2 Å². The molecule has 0 aromatic heterocycles. The van der Waals surface area contributed by atoms with E-state index in [0.29, 0.717) is 22.6 Å². The fraction of sp³-hybridized carbons (Fsp3) is 0.391. The first-order valence-corrected chi connectivity index (χ1v) is 11.6. The fourth-order valence-corrected chi connectivity index (χ4v) is 3.54. The van der Waals surface area contributed by atoms with Gasteiger partial charge in [0.25, 0.3) is 0 Å². The number of nitrogens with zero attached hydrogens (tertiary/aromatic N) is 3. The van der Waals surface area contributed by atoms with Crippen LogP contribution in [0.4, 0.5) is 0 Å². The number of para-hydroxylation sites is 1. The number of ketones is 1. The third kappa shape index (κ3) is 20.3. The molecule has 3 N–H and O–H groups in total. The van der Waals surface area contributed by atoms with Crippen molar-refractivity contribution in [1.29, 1.82) is 0 Å². The normalized spacial score (nSPS) is 17.3. The van der Waals surface area contributed by atoms with Crippen molar-refractivity contribution in [2.75, 3.05) is 21.3 Å². The summed E-state index contributed by atoms with van der Waals surface area (Å²) >= 11 is 0. The van der Waals surface area contributed by atoms with Crippen LogP contribution in [0.15, 0.2) is 54.0 Å². The van der Waals surface area contributed by atoms with Crippen LogP contribution in [-0.2, 0) is 9.53 Å². The van der Waals surface area contributed by atoms with E-state index >= 15 is 0 Å². The van der Waals surface area contributed by atoms with Crippen LogP contribution in [0.2, 0.25) is 0 Å². The van der Waals surface area contributed by atoms with Crippen LogP contribution in [0.3, 0.4) is 0 Å². The average molecular weight is 739 g/mol. The summed E-state index contributed by atoms with van der Waals surface area (Å²) in [5, 5.41) is 66.9. The molecule has 1 aromatic carbocycles. The molecule has 2 aliphatic rings. The summed E-state index contributed by atoms with van der Waals surface area (Å²) in [7, 11) is 3.99. The Balaban J connectivity index is -0.000000902. The molecule has 234 valence electrons. The van der Waals surface area contributed by atoms with Crippen molar-refractivity contribution in [3.8, 4) is 11.5 Å². The van der Waals surface area contributed by atoms with Crippen LogP contribution in [0.1, 0.15) is 31.2 Å². The molecule has 2 aliphatic carbocycles. The molecule has 0 heterocycles. The van der Waals surface area contributed by atoms with E-state index in [9.17, 15) is 9.90 Å². The van der Waals surface area contributed by atoms with E-state index in [4.69, 9.17) is 60.5 Å². The van der Waals surface area contributed by atoms with Crippen LogP contribution in [0.5, 0.6) is 11.5 Å². The molecule has 1 saturated carbocycles. The summed E-state index contributed by atoms with van der Waals surface area (Å²) in [6, 6.07) is 5.56. The summed E-state index contributed by atoms with van der Waals surface area (Å²) in [6.45, 7) is 0. The molecule has 0 spiro atoms. The smallest absolute Gasteiger partial charge is 0.869 e. The van der Waals surface area contributed by atoms with Gasteiger partial charge in [-0.3, -0.25) is 4.79 Å². The van der Waals surface area contributed by atoms with Gasteiger partial charge < -0.3 is 71.0 Å². The number of rotatable bonds is 6. The van der Waals surface area contributed by atoms with E-state index in [1.54, 1.807) is 48.8 Å². The second kappa shape index (κ2) is 25.4. The van der Waals surface area contributed by atoms with Crippen molar-refractivity contribution < 1.29 is 80.3 Å². The van der Waals surface area contributed by atoms with Gasteiger partial charge in [0, 0.05) is 30.9 Å². The Labute approximate surface area is 272 Å². The Kier molecular flexibility index (Phi) is 25.6. The van der Waals surface area contributed by atoms with Crippen LogP contribution < -0.4 is 20.2 Å². The third-order valence-corrected chi connectivity index (χ3v) is 5.13. The molecule has 19 nitrogen and oxygen atoms in total. The molecule has 2 atom stereocenters. The van der Waals surface area contributed by atoms with E-state index in [0.717, 1.165) is 32.8 Å². The van der Waals surface area contributed by atoms with Gasteiger partial charge in [0.15, 0.2) is 18.0 Å². The number of methoxy groups -OCH3 is 2. The Morgan fingerprint density at radius 3 is 2.00 bits per heavy atom. The molecule has 0 saturated heterocycles. The number of hydrogen-bond acceptors (Lipinski definition) is 15. The van der Waals surface area contributed by atoms with Gasteiger partial charge >= 0.3 is 35.6 Å². The first-order chi connectivity index (χ1) is 19.8. The number of ether oxygens (including phenoxy) is 2. The zero-order chi connectivity index (χ0) is 32.7. The zero-order valence-electron chi connectivity index (χ0n) is 23.3. The number of Topliss-reactive ketones (excluding diaryl/α,β-unsaturated/α-hetero) is 1. The molecule has 43 heavy (non-hydrogen) atoms. The number of aliphatic hydroxyl groups is 1. The molecule has 0 unspecified atom stereocenters. The van der Waals surface area contributed by atoms with Crippen molar-refractivity contribution in [1.82, 2.24) is 5.32 Å². The van der Waals surface area contributed by atoms with Gasteiger partial charge in [-0.05, 0) is 37.1 Å². The van der Waals surface area contributed by atoms with Gasteiger partial charge in [0.05, 0.1) is 35.5 Å². The predicted octanol–water partition coefficient (Wildman–Crippen LogP) is -0.387. The Bertz CT molecular complexity index is 1100. The molecule has 3 rings (SSSR count). The van der Waals surface area contributed by atoms with Crippen LogP contribution in [0.25, 0.3) is 0 Å². The number of carbonyl (C=O) groups excluding carboxylic acids is 1. The fourth-order valence-electron chi connectivity index (χ4n) is 3.54. The zero-order valence-corrected chi connectivity index (χ0v) is 26.9. The molecule has 0 bridgehead atoms. The van der Waals surface area contributed by atoms with E-state index < -0.39 is 15.3 Å². The average Bonchev–Trinajstić information content (AvgIpc) is 2.92. The standard InChI is InChI=1S/C22H26N2O4.CH4O.La.3NO3/c1-27-19-11-5-7-15(21(19)25)13-23-17-9-3-4-10-18(17)24-14-16-8-6-12-20(28-2)22(16)26;1-2;;3*2-1(3)4/h5-8,11-14,17-18,23,26H,3-4,9-10H2,1-2H3;2H,1H3;;;;/q;;+3;3*-1/b15-13-,24-14?;;;;;/t17-,18+;;;;;/m0...../s1. The Morgan fingerprint density at radius 2 is 1.49 bits per heavy atom. The number of aliphatic hydroxyl groups excluding tert-OH is 1. The van der Waals surface area contributed by atoms with Crippen molar-refractivity contribution in [2.45, 2.75) is 37.8 Å². The molecule has 20 heteroatoms. The molecular weight excluding hydrogens is 709 g/mol. The number of benzene rings is 1. The minimum absolute atomic E-state index is 0. The van der Waals surface area contributed by atoms with E-state index in [-0.39, 0.29) is 59.2 Å². The van der Waals surface area contributed by atoms with Crippen LogP contribution in [-0.4, -0.2) is 65.8 Å². The molecule has 1 aromatic rings. The topological polar surface area (TPSA) is 303 Å². The maximum absolute atomic E-state index is 12.3. The molecule has 0 radical (unpaired) electrons. The summed E-state index contributed by atoms with van der Waals surface area (Å²) in [6.07, 6.45) is 13.0. The van der Waals surface area contributed by atoms with Gasteiger partial charge in [-0.25, -0.2) is 4.99 Å². The third-order valence-electron chi connectivity index (χ3n) is 5.13. The summed E-state index contributed by atoms with van der Waals surface area (Å²) in [5.41, 5.74) is 1.14. The second-order valence-corrected chi connectivity index (χ2v) is 7.55. The monoisotopic (exact) mass is 739 g/mol. The van der Waals surface area contributed by atoms with Gasteiger partial charge in [0.2, 0.25) is 5.78 Å². The minimum Gasteiger partial charge on any atom is -0.869 e. The van der Waals surface area contributed by atoms with Crippen molar-refractivity contribution in [2.24, 2.45) is 0 Å². The molecule has 1 fully saturated rings. The van der Waals surface area contributed by atoms with Gasteiger partial charge in [-0.1, -0.05) is 24.3 Å². The first-order valence-electron chi connectivity index (χ1n) is 11.6. The van der Waals surface area contributed by atoms with Crippen LogP contribution >= 0.6 is 0 Å². The molecular formula is C23H30LaN5O14. The van der Waals surface area contributed by atoms with Gasteiger partial charge in [-0.15, -0.1) is 0 Å². The van der Waals surface area contributed by atoms with Crippen molar-refractivity contribution in [3.05, 3.63) is 105 Å². The van der Waals surface area contributed by atoms with Crippen molar-refractivity contribution >= 4 is 12.0 Å². The summed E-state index contributed by atoms with van der Waals surface area (Å²) in [4.78, 5) is 40.4. The number of carbonyl (C=O) groups is 1. The van der Waals surface area contributed by atoms with Gasteiger partial charge in [0.1, 0.15) is 5.75 Å². The van der Waals surface area contributed by atoms with Gasteiger partial charge in [-0.2, -0.15) is 0 Å². The SMILES string of the molecule is CO.COC1=CC=C/C(=C/N[C@H]2CCCC[C@H]2[NH+]=Cc2cccc(OC)c2[O-])C1=O.O=[N+]([O-])[O-].O=[N+]([O-])[O-].O=[N+]([O-])[O-].[La+3]. The number of hydrogen-bond donors (Lipinski definition) is 3. The Morgan fingerprint density at radius 1 is 0.953 bits per heavy atom.